The van der Waals surface area contributed by atoms with Gasteiger partial charge in [-0.3, -0.25) is 4.99 Å². The van der Waals surface area contributed by atoms with Gasteiger partial charge in [0.25, 0.3) is 0 Å². The average molecular weight is 500 g/mol. The minimum atomic E-state index is 0. The first-order chi connectivity index (χ1) is 12.3. The highest BCUT2D eigenvalue weighted by Crippen LogP contribution is 2.26. The minimum absolute atomic E-state index is 0. The van der Waals surface area contributed by atoms with Crippen LogP contribution < -0.4 is 10.6 Å². The Morgan fingerprint density at radius 1 is 1.23 bits per heavy atom. The predicted octanol–water partition coefficient (Wildman–Crippen LogP) is 3.67. The minimum Gasteiger partial charge on any atom is -0.381 e. The quantitative estimate of drug-likeness (QED) is 0.220. The maximum absolute atomic E-state index is 5.83. The molecule has 154 valence electrons. The van der Waals surface area contributed by atoms with Gasteiger partial charge < -0.3 is 20.1 Å². The van der Waals surface area contributed by atoms with E-state index < -0.39 is 0 Å². The highest BCUT2D eigenvalue weighted by molar-refractivity contribution is 14.0. The lowest BCUT2D eigenvalue weighted by molar-refractivity contribution is 0.0205. The molecule has 26 heavy (non-hydrogen) atoms. The second-order valence-corrected chi connectivity index (χ2v) is 8.25. The van der Waals surface area contributed by atoms with Gasteiger partial charge in [-0.15, -0.1) is 24.0 Å². The third-order valence-electron chi connectivity index (χ3n) is 5.06. The number of nitrogens with zero attached hydrogens (tertiary/aromatic N) is 1. The van der Waals surface area contributed by atoms with Gasteiger partial charge >= 0.3 is 0 Å². The van der Waals surface area contributed by atoms with Crippen molar-refractivity contribution in [1.29, 1.82) is 0 Å². The fraction of sp³-hybridized carbons (Fsp3) is 0.947. The van der Waals surface area contributed by atoms with Crippen LogP contribution in [0, 0.1) is 5.92 Å². The molecule has 0 amide bonds. The average Bonchev–Trinajstić information content (AvgIpc) is 2.65. The van der Waals surface area contributed by atoms with Crippen molar-refractivity contribution in [2.45, 2.75) is 63.2 Å². The van der Waals surface area contributed by atoms with E-state index in [1.165, 1.54) is 25.7 Å². The van der Waals surface area contributed by atoms with Crippen molar-refractivity contribution in [3.05, 3.63) is 0 Å². The summed E-state index contributed by atoms with van der Waals surface area (Å²) in [5.74, 6) is 1.66. The summed E-state index contributed by atoms with van der Waals surface area (Å²) in [6.45, 7) is 7.33. The van der Waals surface area contributed by atoms with E-state index in [-0.39, 0.29) is 24.0 Å². The van der Waals surface area contributed by atoms with Crippen molar-refractivity contribution in [2.75, 3.05) is 45.8 Å². The molecule has 1 aliphatic heterocycles. The summed E-state index contributed by atoms with van der Waals surface area (Å²) in [4.78, 5) is 4.73. The number of halogens is 1. The molecule has 5 nitrogen and oxygen atoms in total. The van der Waals surface area contributed by atoms with Gasteiger partial charge in [0.05, 0.1) is 0 Å². The topological polar surface area (TPSA) is 54.9 Å². The summed E-state index contributed by atoms with van der Waals surface area (Å²) in [7, 11) is 0. The number of ether oxygens (including phenoxy) is 2. The normalized spacial score (nSPS) is 24.8. The summed E-state index contributed by atoms with van der Waals surface area (Å²) in [6, 6.07) is 0.564. The van der Waals surface area contributed by atoms with Crippen molar-refractivity contribution in [1.82, 2.24) is 10.6 Å². The molecule has 0 spiro atoms. The molecule has 0 aromatic heterocycles. The lowest BCUT2D eigenvalue weighted by atomic mass is 9.95. The van der Waals surface area contributed by atoms with Crippen molar-refractivity contribution in [3.8, 4) is 0 Å². The van der Waals surface area contributed by atoms with E-state index in [9.17, 15) is 0 Å². The lowest BCUT2D eigenvalue weighted by Crippen LogP contribution is -2.45. The van der Waals surface area contributed by atoms with Gasteiger partial charge in [0.2, 0.25) is 0 Å². The van der Waals surface area contributed by atoms with Crippen LogP contribution in [0.3, 0.4) is 0 Å². The maximum Gasteiger partial charge on any atom is 0.191 e. The van der Waals surface area contributed by atoms with Crippen molar-refractivity contribution >= 4 is 41.7 Å². The molecule has 2 fully saturated rings. The monoisotopic (exact) mass is 499 g/mol. The van der Waals surface area contributed by atoms with Crippen LogP contribution in [-0.2, 0) is 9.47 Å². The molecule has 7 heteroatoms. The summed E-state index contributed by atoms with van der Waals surface area (Å²) >= 11 is 2.00. The standard InChI is InChI=1S/C19H37N3O2S.HI/c1-3-20-19(22-17-6-4-7-18(14-17)25-2)21-10-5-11-24-15-16-8-12-23-13-9-16;/h16-18H,3-15H2,1-2H3,(H2,20,21,22);1H. The highest BCUT2D eigenvalue weighted by Gasteiger charge is 2.21. The third-order valence-corrected chi connectivity index (χ3v) is 6.15. The lowest BCUT2D eigenvalue weighted by Gasteiger charge is -2.29. The molecule has 1 saturated heterocycles. The molecule has 2 rings (SSSR count). The Balaban J connectivity index is 0.00000338. The molecule has 1 heterocycles. The van der Waals surface area contributed by atoms with Gasteiger partial charge in [0.15, 0.2) is 5.96 Å². The van der Waals surface area contributed by atoms with Crippen LogP contribution in [-0.4, -0.2) is 63.0 Å². The summed E-state index contributed by atoms with van der Waals surface area (Å²) in [6.07, 6.45) is 10.7. The summed E-state index contributed by atoms with van der Waals surface area (Å²) in [5, 5.41) is 7.82. The summed E-state index contributed by atoms with van der Waals surface area (Å²) < 4.78 is 11.2. The van der Waals surface area contributed by atoms with Crippen molar-refractivity contribution in [2.24, 2.45) is 10.9 Å². The zero-order chi connectivity index (χ0) is 17.7. The Labute approximate surface area is 181 Å². The van der Waals surface area contributed by atoms with E-state index in [0.717, 1.165) is 70.0 Å². The SMILES string of the molecule is CCNC(=NCCCOCC1CCOCC1)NC1CCCC(SC)C1.I. The molecular weight excluding hydrogens is 461 g/mol. The van der Waals surface area contributed by atoms with Crippen LogP contribution in [0.5, 0.6) is 0 Å². The van der Waals surface area contributed by atoms with E-state index >= 15 is 0 Å². The second kappa shape index (κ2) is 15.2. The van der Waals surface area contributed by atoms with Gasteiger partial charge in [0, 0.05) is 50.8 Å². The molecule has 0 aromatic rings. The zero-order valence-corrected chi connectivity index (χ0v) is 19.7. The molecule has 2 unspecified atom stereocenters. The molecular formula is C19H38IN3O2S. The molecule has 2 N–H and O–H groups in total. The second-order valence-electron chi connectivity index (χ2n) is 7.11. The van der Waals surface area contributed by atoms with E-state index in [0.29, 0.717) is 12.0 Å². The number of hydrogen-bond acceptors (Lipinski definition) is 4. The predicted molar refractivity (Wildman–Crippen MR) is 123 cm³/mol. The van der Waals surface area contributed by atoms with E-state index in [1.807, 2.05) is 11.8 Å². The van der Waals surface area contributed by atoms with Gasteiger partial charge in [0.1, 0.15) is 0 Å². The first kappa shape index (κ1) is 24.3. The Kier molecular flexibility index (Phi) is 14.2. The number of nitrogens with one attached hydrogen (secondary N) is 2. The first-order valence-corrected chi connectivity index (χ1v) is 11.3. The maximum atomic E-state index is 5.83. The van der Waals surface area contributed by atoms with Crippen LogP contribution in [0.15, 0.2) is 4.99 Å². The van der Waals surface area contributed by atoms with Crippen LogP contribution in [0.4, 0.5) is 0 Å². The molecule has 0 bridgehead atoms. The highest BCUT2D eigenvalue weighted by atomic mass is 127. The van der Waals surface area contributed by atoms with Gasteiger partial charge in [-0.1, -0.05) is 6.42 Å². The van der Waals surface area contributed by atoms with Crippen LogP contribution in [0.2, 0.25) is 0 Å². The summed E-state index contributed by atoms with van der Waals surface area (Å²) in [5.41, 5.74) is 0. The Morgan fingerprint density at radius 2 is 2.04 bits per heavy atom. The van der Waals surface area contributed by atoms with E-state index in [1.54, 1.807) is 0 Å². The van der Waals surface area contributed by atoms with Crippen LogP contribution in [0.25, 0.3) is 0 Å². The molecule has 1 aliphatic carbocycles. The first-order valence-electron chi connectivity index (χ1n) is 10.0. The molecule has 2 aliphatic rings. The van der Waals surface area contributed by atoms with Crippen LogP contribution >= 0.6 is 35.7 Å². The Bertz CT molecular complexity index is 382. The van der Waals surface area contributed by atoms with Crippen molar-refractivity contribution < 1.29 is 9.47 Å². The van der Waals surface area contributed by atoms with E-state index in [2.05, 4.69) is 23.8 Å². The number of hydrogen-bond donors (Lipinski definition) is 2. The van der Waals surface area contributed by atoms with E-state index in [4.69, 9.17) is 14.5 Å². The Morgan fingerprint density at radius 3 is 2.77 bits per heavy atom. The Hall–Kier alpha value is 0.270. The fourth-order valence-corrected chi connectivity index (χ4v) is 4.35. The largest absolute Gasteiger partial charge is 0.381 e. The van der Waals surface area contributed by atoms with Crippen molar-refractivity contribution in [3.63, 3.8) is 0 Å². The third kappa shape index (κ3) is 9.99. The zero-order valence-electron chi connectivity index (χ0n) is 16.5. The van der Waals surface area contributed by atoms with Gasteiger partial charge in [-0.25, -0.2) is 0 Å². The van der Waals surface area contributed by atoms with Gasteiger partial charge in [-0.05, 0) is 57.6 Å². The number of thioether (sulfide) groups is 1. The smallest absolute Gasteiger partial charge is 0.191 e. The molecule has 2 atom stereocenters. The fourth-order valence-electron chi connectivity index (χ4n) is 3.52. The molecule has 1 saturated carbocycles. The van der Waals surface area contributed by atoms with Gasteiger partial charge in [-0.2, -0.15) is 11.8 Å². The molecule has 0 radical (unpaired) electrons. The molecule has 0 aromatic carbocycles. The number of aliphatic imine (C=N–C) groups is 1. The number of guanidine groups is 1. The number of rotatable bonds is 9. The van der Waals surface area contributed by atoms with Crippen LogP contribution in [0.1, 0.15) is 51.9 Å².